The molecule has 1 aliphatic rings. The number of aromatic nitrogens is 1. The Kier molecular flexibility index (Phi) is 5.89. The molecule has 0 amide bonds. The minimum absolute atomic E-state index is 0.0392. The molecule has 2 aromatic rings. The van der Waals surface area contributed by atoms with Crippen LogP contribution in [0, 0.1) is 5.92 Å². The summed E-state index contributed by atoms with van der Waals surface area (Å²) < 4.78 is 19.0. The van der Waals surface area contributed by atoms with Gasteiger partial charge in [-0.1, -0.05) is 25.4 Å². The number of halogens is 1. The van der Waals surface area contributed by atoms with E-state index >= 15 is 0 Å². The standard InChI is InChI=1S/C20H24ClNO4/c1-13(2)18-12-26-19-11-20(25-8-4-7-24-3)16(21)10-15(19)17-9-14(23)5-6-22(17)18/h5-6,9-11,13,18H,4,7-8,12H2,1-3H3/t18-/m0/s1. The highest BCUT2D eigenvalue weighted by molar-refractivity contribution is 6.32. The first-order valence-electron chi connectivity index (χ1n) is 8.82. The van der Waals surface area contributed by atoms with Crippen molar-refractivity contribution < 1.29 is 14.2 Å². The second kappa shape index (κ2) is 8.14. The van der Waals surface area contributed by atoms with Crippen LogP contribution >= 0.6 is 11.6 Å². The van der Waals surface area contributed by atoms with Gasteiger partial charge in [-0.15, -0.1) is 0 Å². The van der Waals surface area contributed by atoms with Crippen LogP contribution in [-0.2, 0) is 4.74 Å². The lowest BCUT2D eigenvalue weighted by Crippen LogP contribution is -2.22. The van der Waals surface area contributed by atoms with Gasteiger partial charge in [-0.25, -0.2) is 0 Å². The first-order valence-corrected chi connectivity index (χ1v) is 9.19. The summed E-state index contributed by atoms with van der Waals surface area (Å²) in [5.74, 6) is 1.61. The highest BCUT2D eigenvalue weighted by atomic mass is 35.5. The summed E-state index contributed by atoms with van der Waals surface area (Å²) in [4.78, 5) is 12.0. The Hall–Kier alpha value is -1.98. The van der Waals surface area contributed by atoms with E-state index in [2.05, 4.69) is 18.4 Å². The first-order chi connectivity index (χ1) is 12.5. The zero-order valence-corrected chi connectivity index (χ0v) is 16.1. The van der Waals surface area contributed by atoms with Crippen LogP contribution in [-0.4, -0.2) is 31.5 Å². The van der Waals surface area contributed by atoms with E-state index in [1.54, 1.807) is 19.2 Å². The summed E-state index contributed by atoms with van der Waals surface area (Å²) >= 11 is 6.43. The SMILES string of the molecule is COCCCOc1cc2c(cc1Cl)-c1cc(=O)ccn1[C@H](C(C)C)CO2. The van der Waals surface area contributed by atoms with Gasteiger partial charge in [0.1, 0.15) is 18.1 Å². The maximum Gasteiger partial charge on any atom is 0.182 e. The van der Waals surface area contributed by atoms with Crippen molar-refractivity contribution in [1.29, 1.82) is 0 Å². The summed E-state index contributed by atoms with van der Waals surface area (Å²) in [6.07, 6.45) is 2.61. The van der Waals surface area contributed by atoms with Crippen LogP contribution in [0.4, 0.5) is 0 Å². The van der Waals surface area contributed by atoms with Crippen molar-refractivity contribution in [3.63, 3.8) is 0 Å². The predicted molar refractivity (Wildman–Crippen MR) is 103 cm³/mol. The maximum absolute atomic E-state index is 12.0. The second-order valence-corrected chi connectivity index (χ2v) is 7.16. The first kappa shape index (κ1) is 18.8. The Balaban J connectivity index is 2.01. The van der Waals surface area contributed by atoms with E-state index < -0.39 is 0 Å². The van der Waals surface area contributed by atoms with Crippen LogP contribution in [0.2, 0.25) is 5.02 Å². The average molecular weight is 378 g/mol. The fourth-order valence-electron chi connectivity index (χ4n) is 3.12. The molecule has 0 fully saturated rings. The molecule has 1 aromatic carbocycles. The maximum atomic E-state index is 12.0. The Labute approximate surface area is 158 Å². The van der Waals surface area contributed by atoms with Crippen LogP contribution in [0.15, 0.2) is 35.3 Å². The molecular formula is C20H24ClNO4. The van der Waals surface area contributed by atoms with Crippen molar-refractivity contribution in [3.8, 4) is 22.8 Å². The summed E-state index contributed by atoms with van der Waals surface area (Å²) in [7, 11) is 1.66. The fraction of sp³-hybridized carbons (Fsp3) is 0.450. The molecule has 3 rings (SSSR count). The quantitative estimate of drug-likeness (QED) is 0.709. The number of fused-ring (bicyclic) bond motifs is 3. The van der Waals surface area contributed by atoms with Gasteiger partial charge in [-0.3, -0.25) is 4.79 Å². The molecule has 0 radical (unpaired) electrons. The number of hydrogen-bond donors (Lipinski definition) is 0. The molecule has 5 nitrogen and oxygen atoms in total. The molecule has 6 heteroatoms. The molecule has 0 aliphatic carbocycles. The zero-order valence-electron chi connectivity index (χ0n) is 15.3. The molecule has 1 aliphatic heterocycles. The zero-order chi connectivity index (χ0) is 18.7. The van der Waals surface area contributed by atoms with Crippen molar-refractivity contribution in [1.82, 2.24) is 4.57 Å². The molecule has 0 bridgehead atoms. The van der Waals surface area contributed by atoms with Crippen molar-refractivity contribution in [2.75, 3.05) is 26.9 Å². The van der Waals surface area contributed by atoms with E-state index in [9.17, 15) is 4.79 Å². The highest BCUT2D eigenvalue weighted by Gasteiger charge is 2.25. The number of methoxy groups -OCH3 is 1. The Morgan fingerprint density at radius 1 is 1.31 bits per heavy atom. The summed E-state index contributed by atoms with van der Waals surface area (Å²) in [5, 5.41) is 0.496. The van der Waals surface area contributed by atoms with E-state index in [0.29, 0.717) is 42.3 Å². The molecule has 2 heterocycles. The third-order valence-electron chi connectivity index (χ3n) is 4.55. The van der Waals surface area contributed by atoms with Crippen molar-refractivity contribution in [2.45, 2.75) is 26.3 Å². The fourth-order valence-corrected chi connectivity index (χ4v) is 3.34. The smallest absolute Gasteiger partial charge is 0.182 e. The molecule has 1 aromatic heterocycles. The summed E-state index contributed by atoms with van der Waals surface area (Å²) in [6.45, 7) is 5.94. The molecule has 0 saturated carbocycles. The Morgan fingerprint density at radius 3 is 2.85 bits per heavy atom. The van der Waals surface area contributed by atoms with Crippen LogP contribution in [0.5, 0.6) is 11.5 Å². The summed E-state index contributed by atoms with van der Waals surface area (Å²) in [5.41, 5.74) is 1.58. The minimum atomic E-state index is -0.0392. The topological polar surface area (TPSA) is 49.7 Å². The van der Waals surface area contributed by atoms with E-state index in [0.717, 1.165) is 17.7 Å². The largest absolute Gasteiger partial charge is 0.492 e. The van der Waals surface area contributed by atoms with Gasteiger partial charge in [0.15, 0.2) is 5.43 Å². The number of pyridine rings is 1. The van der Waals surface area contributed by atoms with Gasteiger partial charge in [-0.05, 0) is 12.0 Å². The van der Waals surface area contributed by atoms with Gasteiger partial charge in [0.05, 0.1) is 23.4 Å². The minimum Gasteiger partial charge on any atom is -0.492 e. The second-order valence-electron chi connectivity index (χ2n) is 6.75. The lowest BCUT2D eigenvalue weighted by Gasteiger charge is -2.23. The normalized spacial score (nSPS) is 15.8. The number of hydrogen-bond acceptors (Lipinski definition) is 4. The number of rotatable bonds is 6. The van der Waals surface area contributed by atoms with E-state index in [-0.39, 0.29) is 11.5 Å². The van der Waals surface area contributed by atoms with Crippen LogP contribution in [0.25, 0.3) is 11.3 Å². The van der Waals surface area contributed by atoms with E-state index in [4.69, 9.17) is 25.8 Å². The number of benzene rings is 1. The molecule has 0 unspecified atom stereocenters. The third kappa shape index (κ3) is 3.89. The van der Waals surface area contributed by atoms with Crippen LogP contribution in [0.3, 0.4) is 0 Å². The molecule has 1 atom stereocenters. The predicted octanol–water partition coefficient (Wildman–Crippen LogP) is 4.17. The summed E-state index contributed by atoms with van der Waals surface area (Å²) in [6, 6.07) is 6.98. The van der Waals surface area contributed by atoms with E-state index in [1.807, 2.05) is 18.3 Å². The molecule has 0 saturated heterocycles. The molecule has 26 heavy (non-hydrogen) atoms. The lowest BCUT2D eigenvalue weighted by molar-refractivity contribution is 0.172. The Morgan fingerprint density at radius 2 is 2.12 bits per heavy atom. The average Bonchev–Trinajstić information content (AvgIpc) is 2.75. The van der Waals surface area contributed by atoms with Gasteiger partial charge in [0, 0.05) is 50.1 Å². The van der Waals surface area contributed by atoms with Crippen molar-refractivity contribution >= 4 is 11.6 Å². The van der Waals surface area contributed by atoms with Crippen LogP contribution in [0.1, 0.15) is 26.3 Å². The highest BCUT2D eigenvalue weighted by Crippen LogP contribution is 2.41. The number of ether oxygens (including phenoxy) is 3. The van der Waals surface area contributed by atoms with Gasteiger partial charge < -0.3 is 18.8 Å². The lowest BCUT2D eigenvalue weighted by atomic mass is 10.0. The third-order valence-corrected chi connectivity index (χ3v) is 4.85. The van der Waals surface area contributed by atoms with Gasteiger partial charge in [0.25, 0.3) is 0 Å². The van der Waals surface area contributed by atoms with Gasteiger partial charge in [-0.2, -0.15) is 0 Å². The van der Waals surface area contributed by atoms with Crippen molar-refractivity contribution in [2.24, 2.45) is 5.92 Å². The van der Waals surface area contributed by atoms with Gasteiger partial charge in [0.2, 0.25) is 0 Å². The van der Waals surface area contributed by atoms with Crippen molar-refractivity contribution in [3.05, 3.63) is 45.7 Å². The number of nitrogens with zero attached hydrogens (tertiary/aromatic N) is 1. The molecular weight excluding hydrogens is 354 g/mol. The van der Waals surface area contributed by atoms with Crippen LogP contribution < -0.4 is 14.9 Å². The van der Waals surface area contributed by atoms with E-state index in [1.165, 1.54) is 0 Å². The van der Waals surface area contributed by atoms with Gasteiger partial charge >= 0.3 is 0 Å². The molecule has 0 spiro atoms. The molecule has 0 N–H and O–H groups in total. The Bertz CT molecular complexity index is 831. The monoisotopic (exact) mass is 377 g/mol. The molecule has 140 valence electrons.